The van der Waals surface area contributed by atoms with Crippen LogP contribution in [0.1, 0.15) is 31.2 Å². The summed E-state index contributed by atoms with van der Waals surface area (Å²) in [6, 6.07) is 7.74. The van der Waals surface area contributed by atoms with Gasteiger partial charge in [-0.25, -0.2) is 4.79 Å². The van der Waals surface area contributed by atoms with Crippen LogP contribution in [0.4, 0.5) is 4.79 Å². The van der Waals surface area contributed by atoms with Crippen molar-refractivity contribution >= 4 is 23.5 Å². The fourth-order valence-corrected chi connectivity index (χ4v) is 3.26. The number of likely N-dealkylation sites (N-methyl/N-ethyl adjacent to an activating group) is 1. The highest BCUT2D eigenvalue weighted by Gasteiger charge is 2.44. The van der Waals surface area contributed by atoms with E-state index in [0.29, 0.717) is 25.9 Å². The van der Waals surface area contributed by atoms with Crippen molar-refractivity contribution in [1.29, 1.82) is 0 Å². The third kappa shape index (κ3) is 3.78. The first-order valence-electron chi connectivity index (χ1n) is 8.03. The molecule has 2 fully saturated rings. The van der Waals surface area contributed by atoms with Crippen LogP contribution in [0.15, 0.2) is 24.3 Å². The second-order valence-corrected chi connectivity index (χ2v) is 7.06. The van der Waals surface area contributed by atoms with Crippen molar-refractivity contribution in [2.75, 3.05) is 20.1 Å². The molecule has 1 atom stereocenters. The standard InChI is InChI=1S/C17H22ClN3O2/c1-21-10-14(6-7-15(21)22)20-16(23)19-11-17(8-9-17)12-2-4-13(18)5-3-12/h2-5,14H,6-11H2,1H3,(H2,19,20,23)/t14-/m1/s1. The van der Waals surface area contributed by atoms with Gasteiger partial charge in [-0.1, -0.05) is 23.7 Å². The number of hydrogen-bond acceptors (Lipinski definition) is 2. The Morgan fingerprint density at radius 1 is 1.35 bits per heavy atom. The van der Waals surface area contributed by atoms with E-state index in [0.717, 1.165) is 17.9 Å². The summed E-state index contributed by atoms with van der Waals surface area (Å²) < 4.78 is 0. The van der Waals surface area contributed by atoms with Gasteiger partial charge in [-0.05, 0) is 37.0 Å². The van der Waals surface area contributed by atoms with E-state index in [9.17, 15) is 9.59 Å². The van der Waals surface area contributed by atoms with Crippen LogP contribution in [0.2, 0.25) is 5.02 Å². The van der Waals surface area contributed by atoms with Crippen LogP contribution >= 0.6 is 11.6 Å². The van der Waals surface area contributed by atoms with Crippen molar-refractivity contribution in [2.45, 2.75) is 37.1 Å². The molecule has 0 bridgehead atoms. The Morgan fingerprint density at radius 2 is 2.04 bits per heavy atom. The molecule has 2 N–H and O–H groups in total. The highest BCUT2D eigenvalue weighted by Crippen LogP contribution is 2.47. The molecular formula is C17H22ClN3O2. The maximum atomic E-state index is 12.1. The molecule has 0 unspecified atom stereocenters. The van der Waals surface area contributed by atoms with Crippen molar-refractivity contribution in [3.05, 3.63) is 34.9 Å². The van der Waals surface area contributed by atoms with Gasteiger partial charge in [-0.2, -0.15) is 0 Å². The van der Waals surface area contributed by atoms with Gasteiger partial charge < -0.3 is 15.5 Å². The summed E-state index contributed by atoms with van der Waals surface area (Å²) in [5.74, 6) is 0.142. The first-order chi connectivity index (χ1) is 11.0. The smallest absolute Gasteiger partial charge is 0.315 e. The second-order valence-electron chi connectivity index (χ2n) is 6.62. The maximum absolute atomic E-state index is 12.1. The van der Waals surface area contributed by atoms with Crippen molar-refractivity contribution in [3.63, 3.8) is 0 Å². The SMILES string of the molecule is CN1C[C@H](NC(=O)NCC2(c3ccc(Cl)cc3)CC2)CCC1=O. The van der Waals surface area contributed by atoms with Crippen molar-refractivity contribution in [3.8, 4) is 0 Å². The lowest BCUT2D eigenvalue weighted by atomic mass is 9.96. The number of benzene rings is 1. The molecule has 1 aliphatic heterocycles. The van der Waals surface area contributed by atoms with Crippen LogP contribution in [0.5, 0.6) is 0 Å². The van der Waals surface area contributed by atoms with Gasteiger partial charge in [-0.15, -0.1) is 0 Å². The molecule has 3 rings (SSSR count). The van der Waals surface area contributed by atoms with E-state index < -0.39 is 0 Å². The predicted octanol–water partition coefficient (Wildman–Crippen LogP) is 2.29. The number of halogens is 1. The van der Waals surface area contributed by atoms with Gasteiger partial charge in [0, 0.05) is 43.0 Å². The average Bonchev–Trinajstić information content (AvgIpc) is 3.31. The minimum Gasteiger partial charge on any atom is -0.344 e. The molecule has 124 valence electrons. The molecule has 1 aliphatic carbocycles. The van der Waals surface area contributed by atoms with Gasteiger partial charge in [0.05, 0.1) is 0 Å². The van der Waals surface area contributed by atoms with E-state index in [2.05, 4.69) is 10.6 Å². The Morgan fingerprint density at radius 3 is 2.65 bits per heavy atom. The number of carbonyl (C=O) groups excluding carboxylic acids is 2. The number of likely N-dealkylation sites (tertiary alicyclic amines) is 1. The molecule has 0 spiro atoms. The average molecular weight is 336 g/mol. The van der Waals surface area contributed by atoms with E-state index in [-0.39, 0.29) is 23.4 Å². The molecule has 1 saturated carbocycles. The monoisotopic (exact) mass is 335 g/mol. The number of urea groups is 1. The third-order valence-corrected chi connectivity index (χ3v) is 5.11. The zero-order chi connectivity index (χ0) is 16.4. The normalized spacial score (nSPS) is 22.6. The summed E-state index contributed by atoms with van der Waals surface area (Å²) in [6.45, 7) is 1.20. The van der Waals surface area contributed by atoms with Crippen LogP contribution in [0.3, 0.4) is 0 Å². The molecule has 2 aliphatic rings. The third-order valence-electron chi connectivity index (χ3n) is 4.86. The molecule has 23 heavy (non-hydrogen) atoms. The highest BCUT2D eigenvalue weighted by molar-refractivity contribution is 6.30. The van der Waals surface area contributed by atoms with Gasteiger partial charge in [0.25, 0.3) is 0 Å². The molecular weight excluding hydrogens is 314 g/mol. The zero-order valence-electron chi connectivity index (χ0n) is 13.3. The Kier molecular flexibility index (Phi) is 4.48. The Hall–Kier alpha value is -1.75. The molecule has 1 heterocycles. The first kappa shape index (κ1) is 16.1. The fraction of sp³-hybridized carbons (Fsp3) is 0.529. The van der Waals surface area contributed by atoms with Crippen molar-refractivity contribution < 1.29 is 9.59 Å². The lowest BCUT2D eigenvalue weighted by molar-refractivity contribution is -0.132. The Bertz CT molecular complexity index is 598. The first-order valence-corrected chi connectivity index (χ1v) is 8.41. The van der Waals surface area contributed by atoms with Crippen LogP contribution in [-0.2, 0) is 10.2 Å². The molecule has 3 amide bonds. The van der Waals surface area contributed by atoms with E-state index in [1.165, 1.54) is 5.56 Å². The Labute approximate surface area is 141 Å². The topological polar surface area (TPSA) is 61.4 Å². The van der Waals surface area contributed by atoms with Crippen LogP contribution in [-0.4, -0.2) is 43.0 Å². The number of nitrogens with one attached hydrogen (secondary N) is 2. The molecule has 1 aromatic carbocycles. The quantitative estimate of drug-likeness (QED) is 0.887. The number of amides is 3. The summed E-state index contributed by atoms with van der Waals surface area (Å²) in [6.07, 6.45) is 3.36. The number of nitrogens with zero attached hydrogens (tertiary/aromatic N) is 1. The lowest BCUT2D eigenvalue weighted by Crippen LogP contribution is -2.51. The van der Waals surface area contributed by atoms with Crippen LogP contribution < -0.4 is 10.6 Å². The fourth-order valence-electron chi connectivity index (χ4n) is 3.14. The molecule has 1 aromatic rings. The number of piperidine rings is 1. The van der Waals surface area contributed by atoms with Gasteiger partial charge in [0.15, 0.2) is 0 Å². The summed E-state index contributed by atoms with van der Waals surface area (Å²) in [5, 5.41) is 6.68. The number of hydrogen-bond donors (Lipinski definition) is 2. The highest BCUT2D eigenvalue weighted by atomic mass is 35.5. The van der Waals surface area contributed by atoms with Crippen LogP contribution in [0.25, 0.3) is 0 Å². The summed E-state index contributed by atoms with van der Waals surface area (Å²) in [5.41, 5.74) is 1.28. The van der Waals surface area contributed by atoms with E-state index >= 15 is 0 Å². The van der Waals surface area contributed by atoms with E-state index in [1.807, 2.05) is 24.3 Å². The maximum Gasteiger partial charge on any atom is 0.315 e. The number of carbonyl (C=O) groups is 2. The van der Waals surface area contributed by atoms with Gasteiger partial charge >= 0.3 is 6.03 Å². The minimum atomic E-state index is -0.155. The van der Waals surface area contributed by atoms with Crippen molar-refractivity contribution in [1.82, 2.24) is 15.5 Å². The van der Waals surface area contributed by atoms with Crippen molar-refractivity contribution in [2.24, 2.45) is 0 Å². The molecule has 0 aromatic heterocycles. The Balaban J connectivity index is 1.49. The number of rotatable bonds is 4. The lowest BCUT2D eigenvalue weighted by Gasteiger charge is -2.30. The van der Waals surface area contributed by atoms with E-state index in [4.69, 9.17) is 11.6 Å². The van der Waals surface area contributed by atoms with Gasteiger partial charge in [0.2, 0.25) is 5.91 Å². The molecule has 1 saturated heterocycles. The zero-order valence-corrected chi connectivity index (χ0v) is 14.0. The van der Waals surface area contributed by atoms with E-state index in [1.54, 1.807) is 11.9 Å². The second kappa shape index (κ2) is 6.40. The molecule has 6 heteroatoms. The minimum absolute atomic E-state index is 0.0309. The summed E-state index contributed by atoms with van der Waals surface area (Å²) in [4.78, 5) is 25.2. The summed E-state index contributed by atoms with van der Waals surface area (Å²) in [7, 11) is 1.77. The van der Waals surface area contributed by atoms with Gasteiger partial charge in [-0.3, -0.25) is 4.79 Å². The summed E-state index contributed by atoms with van der Waals surface area (Å²) >= 11 is 5.93. The van der Waals surface area contributed by atoms with Crippen LogP contribution in [0, 0.1) is 0 Å². The van der Waals surface area contributed by atoms with Gasteiger partial charge in [0.1, 0.15) is 0 Å². The largest absolute Gasteiger partial charge is 0.344 e. The predicted molar refractivity (Wildman–Crippen MR) is 89.6 cm³/mol. The molecule has 0 radical (unpaired) electrons. The molecule has 5 nitrogen and oxygen atoms in total.